The number of rotatable bonds is 5. The smallest absolute Gasteiger partial charge is 0.261 e. The summed E-state index contributed by atoms with van der Waals surface area (Å²) in [4.78, 5) is 19.3. The van der Waals surface area contributed by atoms with Crippen LogP contribution in [-0.4, -0.2) is 25.1 Å². The van der Waals surface area contributed by atoms with Crippen molar-refractivity contribution in [2.45, 2.75) is 13.1 Å². The number of benzene rings is 2. The van der Waals surface area contributed by atoms with E-state index in [-0.39, 0.29) is 5.91 Å². The monoisotopic (exact) mass is 375 g/mol. The van der Waals surface area contributed by atoms with Gasteiger partial charge >= 0.3 is 0 Å². The summed E-state index contributed by atoms with van der Waals surface area (Å²) in [5.74, 6) is 1.84. The highest BCUT2D eigenvalue weighted by Crippen LogP contribution is 2.39. The lowest BCUT2D eigenvalue weighted by Crippen LogP contribution is -2.33. The molecule has 3 aromatic rings. The minimum atomic E-state index is -0.402. The number of pyridine rings is 1. The number of aromatic nitrogens is 1. The second-order valence-electron chi connectivity index (χ2n) is 6.57. The highest BCUT2D eigenvalue weighted by molar-refractivity contribution is 6.11. The molecular formula is C22H21N3O3. The van der Waals surface area contributed by atoms with Crippen LogP contribution >= 0.6 is 0 Å². The molecule has 28 heavy (non-hydrogen) atoms. The number of nitrogens with one attached hydrogen (secondary N) is 1. The van der Waals surface area contributed by atoms with Gasteiger partial charge in [-0.2, -0.15) is 0 Å². The van der Waals surface area contributed by atoms with Crippen molar-refractivity contribution in [3.63, 3.8) is 0 Å². The number of ether oxygens (including phenoxy) is 2. The quantitative estimate of drug-likeness (QED) is 0.725. The Kier molecular flexibility index (Phi) is 4.61. The largest absolute Gasteiger partial charge is 0.497 e. The molecule has 4 rings (SSSR count). The van der Waals surface area contributed by atoms with Gasteiger partial charge in [0, 0.05) is 23.4 Å². The zero-order valence-corrected chi connectivity index (χ0v) is 16.0. The molecule has 0 spiro atoms. The molecule has 6 nitrogen and oxygen atoms in total. The molecule has 1 aliphatic heterocycles. The summed E-state index contributed by atoms with van der Waals surface area (Å²) in [7, 11) is 3.21. The van der Waals surface area contributed by atoms with E-state index in [2.05, 4.69) is 10.3 Å². The number of anilines is 2. The molecule has 0 unspecified atom stereocenters. The van der Waals surface area contributed by atoms with Gasteiger partial charge < -0.3 is 14.8 Å². The Morgan fingerprint density at radius 1 is 1.04 bits per heavy atom. The lowest BCUT2D eigenvalue weighted by atomic mass is 10.1. The van der Waals surface area contributed by atoms with Gasteiger partial charge in [-0.05, 0) is 36.8 Å². The first-order chi connectivity index (χ1) is 13.6. The number of hydrogen-bond donors (Lipinski definition) is 1. The van der Waals surface area contributed by atoms with Crippen molar-refractivity contribution in [1.82, 2.24) is 4.98 Å². The highest BCUT2D eigenvalue weighted by Gasteiger charge is 2.38. The molecule has 1 N–H and O–H groups in total. The van der Waals surface area contributed by atoms with Gasteiger partial charge in [0.1, 0.15) is 23.5 Å². The number of methoxy groups -OCH3 is 2. The number of fused-ring (bicyclic) bond motifs is 1. The summed E-state index contributed by atoms with van der Waals surface area (Å²) in [6.07, 6.45) is 1.36. The van der Waals surface area contributed by atoms with E-state index in [9.17, 15) is 4.79 Å². The number of hydrogen-bond acceptors (Lipinski definition) is 5. The van der Waals surface area contributed by atoms with Gasteiger partial charge in [0.15, 0.2) is 0 Å². The zero-order valence-electron chi connectivity index (χ0n) is 16.0. The SMILES string of the molecule is COc1ccc(N[C@H]2c3ccccc3C(=O)N2c2ccc(C)cn2)c(OC)c1. The molecule has 0 saturated heterocycles. The van der Waals surface area contributed by atoms with E-state index < -0.39 is 6.17 Å². The van der Waals surface area contributed by atoms with Gasteiger partial charge in [-0.1, -0.05) is 24.3 Å². The van der Waals surface area contributed by atoms with Gasteiger partial charge in [0.05, 0.1) is 19.9 Å². The van der Waals surface area contributed by atoms with Crippen LogP contribution in [0.2, 0.25) is 0 Å². The van der Waals surface area contributed by atoms with Crippen molar-refractivity contribution in [2.24, 2.45) is 0 Å². The molecule has 6 heteroatoms. The summed E-state index contributed by atoms with van der Waals surface area (Å²) in [5, 5.41) is 3.45. The summed E-state index contributed by atoms with van der Waals surface area (Å²) in [6.45, 7) is 1.97. The molecule has 1 aromatic heterocycles. The fraction of sp³-hybridized carbons (Fsp3) is 0.182. The third kappa shape index (κ3) is 3.03. The molecular weight excluding hydrogens is 354 g/mol. The summed E-state index contributed by atoms with van der Waals surface area (Å²) in [6, 6.07) is 16.9. The number of nitrogens with zero attached hydrogens (tertiary/aromatic N) is 2. The number of amides is 1. The fourth-order valence-corrected chi connectivity index (χ4v) is 3.36. The molecule has 0 saturated carbocycles. The number of carbonyl (C=O) groups is 1. The van der Waals surface area contributed by atoms with Crippen LogP contribution in [0.5, 0.6) is 11.5 Å². The van der Waals surface area contributed by atoms with E-state index in [1.54, 1.807) is 31.4 Å². The second kappa shape index (κ2) is 7.23. The Bertz CT molecular complexity index is 1020. The average molecular weight is 375 g/mol. The molecule has 142 valence electrons. The Balaban J connectivity index is 1.78. The number of carbonyl (C=O) groups excluding carboxylic acids is 1. The first-order valence-corrected chi connectivity index (χ1v) is 8.96. The normalized spacial score (nSPS) is 15.3. The minimum Gasteiger partial charge on any atom is -0.497 e. The van der Waals surface area contributed by atoms with Gasteiger partial charge in [0.25, 0.3) is 5.91 Å². The molecule has 1 amide bonds. The second-order valence-corrected chi connectivity index (χ2v) is 6.57. The van der Waals surface area contributed by atoms with Crippen LogP contribution in [0.1, 0.15) is 27.7 Å². The molecule has 0 bridgehead atoms. The van der Waals surface area contributed by atoms with E-state index >= 15 is 0 Å². The van der Waals surface area contributed by atoms with Crippen molar-refractivity contribution in [3.8, 4) is 11.5 Å². The molecule has 1 atom stereocenters. The predicted molar refractivity (Wildman–Crippen MR) is 108 cm³/mol. The molecule has 0 fully saturated rings. The van der Waals surface area contributed by atoms with Crippen molar-refractivity contribution < 1.29 is 14.3 Å². The molecule has 2 aromatic carbocycles. The summed E-state index contributed by atoms with van der Waals surface area (Å²) < 4.78 is 10.8. The first kappa shape index (κ1) is 17.9. The predicted octanol–water partition coefficient (Wildman–Crippen LogP) is 4.18. The number of aryl methyl sites for hydroxylation is 1. The average Bonchev–Trinajstić information content (AvgIpc) is 3.01. The van der Waals surface area contributed by atoms with Crippen molar-refractivity contribution in [3.05, 3.63) is 77.5 Å². The minimum absolute atomic E-state index is 0.0862. The van der Waals surface area contributed by atoms with E-state index in [4.69, 9.17) is 9.47 Å². The van der Waals surface area contributed by atoms with Crippen LogP contribution in [0, 0.1) is 6.92 Å². The Morgan fingerprint density at radius 3 is 2.57 bits per heavy atom. The molecule has 2 heterocycles. The van der Waals surface area contributed by atoms with E-state index in [0.717, 1.165) is 16.8 Å². The molecule has 1 aliphatic rings. The lowest BCUT2D eigenvalue weighted by Gasteiger charge is -2.27. The third-order valence-corrected chi connectivity index (χ3v) is 4.81. The van der Waals surface area contributed by atoms with Gasteiger partial charge in [-0.3, -0.25) is 9.69 Å². The summed E-state index contributed by atoms with van der Waals surface area (Å²) >= 11 is 0. The van der Waals surface area contributed by atoms with Crippen LogP contribution in [0.15, 0.2) is 60.8 Å². The zero-order chi connectivity index (χ0) is 19.7. The maximum atomic E-state index is 13.1. The Labute approximate surface area is 163 Å². The van der Waals surface area contributed by atoms with Crippen LogP contribution in [0.25, 0.3) is 0 Å². The van der Waals surface area contributed by atoms with E-state index in [0.29, 0.717) is 22.9 Å². The molecule has 0 aliphatic carbocycles. The standard InChI is InChI=1S/C22H21N3O3/c1-14-8-11-20(23-13-14)25-21(16-6-4-5-7-17(16)22(25)26)24-18-10-9-15(27-2)12-19(18)28-3/h4-13,21,24H,1-3H3/t21-/m1/s1. The maximum Gasteiger partial charge on any atom is 0.261 e. The topological polar surface area (TPSA) is 63.7 Å². The van der Waals surface area contributed by atoms with Gasteiger partial charge in [0.2, 0.25) is 0 Å². The molecule has 0 radical (unpaired) electrons. The van der Waals surface area contributed by atoms with Crippen LogP contribution in [0.4, 0.5) is 11.5 Å². The maximum absolute atomic E-state index is 13.1. The van der Waals surface area contributed by atoms with Crippen LogP contribution in [0.3, 0.4) is 0 Å². The van der Waals surface area contributed by atoms with E-state index in [1.165, 1.54) is 0 Å². The van der Waals surface area contributed by atoms with Crippen LogP contribution < -0.4 is 19.7 Å². The van der Waals surface area contributed by atoms with Crippen molar-refractivity contribution in [1.29, 1.82) is 0 Å². The third-order valence-electron chi connectivity index (χ3n) is 4.81. The Hall–Kier alpha value is -3.54. The van der Waals surface area contributed by atoms with Crippen molar-refractivity contribution >= 4 is 17.4 Å². The Morgan fingerprint density at radius 2 is 1.86 bits per heavy atom. The van der Waals surface area contributed by atoms with Gasteiger partial charge in [-0.25, -0.2) is 4.98 Å². The van der Waals surface area contributed by atoms with Crippen molar-refractivity contribution in [2.75, 3.05) is 24.4 Å². The fourth-order valence-electron chi connectivity index (χ4n) is 3.36. The first-order valence-electron chi connectivity index (χ1n) is 8.96. The van der Waals surface area contributed by atoms with Gasteiger partial charge in [-0.15, -0.1) is 0 Å². The van der Waals surface area contributed by atoms with E-state index in [1.807, 2.05) is 55.5 Å². The van der Waals surface area contributed by atoms with Crippen LogP contribution in [-0.2, 0) is 0 Å². The highest BCUT2D eigenvalue weighted by atomic mass is 16.5. The lowest BCUT2D eigenvalue weighted by molar-refractivity contribution is 0.0992. The summed E-state index contributed by atoms with van der Waals surface area (Å²) in [5.41, 5.74) is 3.35.